The molecule has 5 aromatic rings. The van der Waals surface area contributed by atoms with Crippen molar-refractivity contribution in [2.45, 2.75) is 107 Å². The fraction of sp³-hybridized carbons (Fsp3) is 0.432. The van der Waals surface area contributed by atoms with Gasteiger partial charge in [0.25, 0.3) is 0 Å². The van der Waals surface area contributed by atoms with E-state index < -0.39 is 0 Å². The van der Waals surface area contributed by atoms with Crippen molar-refractivity contribution >= 4 is 38.3 Å². The number of benzene rings is 2. The van der Waals surface area contributed by atoms with E-state index >= 15 is 0 Å². The summed E-state index contributed by atoms with van der Waals surface area (Å²) in [6.07, 6.45) is 0. The molecule has 0 fully saturated rings. The summed E-state index contributed by atoms with van der Waals surface area (Å²) in [5.41, 5.74) is 9.17. The summed E-state index contributed by atoms with van der Waals surface area (Å²) in [6.45, 7) is 27.1. The minimum Gasteiger partial charge on any atom is -0.487 e. The van der Waals surface area contributed by atoms with Crippen LogP contribution in [-0.2, 0) is 0 Å². The zero-order chi connectivity index (χ0) is 32.6. The molecule has 3 aromatic heterocycles. The summed E-state index contributed by atoms with van der Waals surface area (Å²) in [4.78, 5) is 14.3. The van der Waals surface area contributed by atoms with Crippen LogP contribution in [0, 0.1) is 34.6 Å². The molecule has 0 unspecified atom stereocenters. The van der Waals surface area contributed by atoms with Gasteiger partial charge in [-0.25, -0.2) is 9.97 Å². The third-order valence-electron chi connectivity index (χ3n) is 7.07. The molecule has 0 amide bonds. The van der Waals surface area contributed by atoms with Crippen LogP contribution in [0.5, 0.6) is 11.5 Å². The third kappa shape index (κ3) is 8.06. The quantitative estimate of drug-likeness (QED) is 0.213. The number of nitrogens with zero attached hydrogens (tertiary/aromatic N) is 3. The number of ether oxygens (including phenoxy) is 2. The molecule has 0 spiro atoms. The first-order valence-electron chi connectivity index (χ1n) is 15.3. The number of fused-ring (bicyclic) bond motifs is 2. The number of rotatable bonds is 5. The normalized spacial score (nSPS) is 12.0. The maximum Gasteiger partial charge on any atom is 0.183 e. The fourth-order valence-corrected chi connectivity index (χ4v) is 5.63. The predicted octanol–water partition coefficient (Wildman–Crippen LogP) is 10.3. The fourth-order valence-electron chi connectivity index (χ4n) is 4.78. The third-order valence-corrected chi connectivity index (χ3v) is 7.85. The second-order valence-corrected chi connectivity index (χ2v) is 14.7. The van der Waals surface area contributed by atoms with E-state index in [1.807, 2.05) is 24.4 Å². The molecule has 0 radical (unpaired) electrons. The van der Waals surface area contributed by atoms with Gasteiger partial charge in [0, 0.05) is 40.0 Å². The lowest BCUT2D eigenvalue weighted by Crippen LogP contribution is -2.23. The molecule has 0 aliphatic heterocycles. The van der Waals surface area contributed by atoms with Crippen LogP contribution < -0.4 is 14.8 Å². The Morgan fingerprint density at radius 1 is 0.659 bits per heavy atom. The Morgan fingerprint density at radius 3 is 1.66 bits per heavy atom. The number of aryl methyl sites for hydroxylation is 5. The van der Waals surface area contributed by atoms with Crippen molar-refractivity contribution < 1.29 is 9.47 Å². The molecule has 6 nitrogen and oxygen atoms in total. The Hall–Kier alpha value is -3.71. The van der Waals surface area contributed by atoms with Crippen LogP contribution in [0.2, 0.25) is 0 Å². The summed E-state index contributed by atoms with van der Waals surface area (Å²) in [5, 5.41) is 8.45. The Bertz CT molecular complexity index is 1790. The monoisotopic (exact) mass is 612 g/mol. The first-order valence-corrected chi connectivity index (χ1v) is 16.2. The van der Waals surface area contributed by atoms with Gasteiger partial charge < -0.3 is 14.8 Å². The molecule has 0 saturated carbocycles. The lowest BCUT2D eigenvalue weighted by Gasteiger charge is -2.23. The average molecular weight is 613 g/mol. The van der Waals surface area contributed by atoms with E-state index in [0.29, 0.717) is 6.04 Å². The van der Waals surface area contributed by atoms with Gasteiger partial charge in [0.15, 0.2) is 5.13 Å². The molecule has 3 heterocycles. The van der Waals surface area contributed by atoms with Crippen molar-refractivity contribution in [3.63, 3.8) is 0 Å². The van der Waals surface area contributed by atoms with E-state index in [4.69, 9.17) is 19.4 Å². The maximum atomic E-state index is 6.26. The molecule has 234 valence electrons. The molecule has 7 heteroatoms. The van der Waals surface area contributed by atoms with Crippen LogP contribution in [0.25, 0.3) is 33.2 Å². The molecule has 0 bridgehead atoms. The number of pyridine rings is 2. The molecular formula is C37H48N4O2S. The van der Waals surface area contributed by atoms with Crippen molar-refractivity contribution in [1.29, 1.82) is 0 Å². The summed E-state index contributed by atoms with van der Waals surface area (Å²) in [5.74, 6) is 1.78. The number of aromatic nitrogens is 3. The Balaban J connectivity index is 0.000000215. The van der Waals surface area contributed by atoms with Crippen molar-refractivity contribution in [2.24, 2.45) is 0 Å². The standard InChI is InChI=1S/C21H27N3OS.C16H21NO/c1-12(2)22-20-24-17(11-26-20)16-10-18(25-21(5,6)7)15-9-8-13(3)14(4)19(15)23-16;1-10-7-8-13-14(18-16(4,5)6)9-11(2)17-15(13)12(10)3/h8-12H,1-7H3,(H,22,24);7-9H,1-6H3. The second kappa shape index (κ2) is 12.7. The van der Waals surface area contributed by atoms with Crippen LogP contribution >= 0.6 is 11.3 Å². The minimum absolute atomic E-state index is 0.195. The zero-order valence-corrected chi connectivity index (χ0v) is 29.5. The predicted molar refractivity (Wildman–Crippen MR) is 188 cm³/mol. The molecule has 0 atom stereocenters. The number of anilines is 1. The number of thiazole rings is 1. The first-order chi connectivity index (χ1) is 20.4. The van der Waals surface area contributed by atoms with Gasteiger partial charge in [-0.1, -0.05) is 12.1 Å². The molecule has 5 rings (SSSR count). The summed E-state index contributed by atoms with van der Waals surface area (Å²) >= 11 is 1.60. The summed E-state index contributed by atoms with van der Waals surface area (Å²) in [6, 6.07) is 12.8. The van der Waals surface area contributed by atoms with E-state index in [0.717, 1.165) is 55.5 Å². The van der Waals surface area contributed by atoms with Crippen LogP contribution in [0.4, 0.5) is 5.13 Å². The highest BCUT2D eigenvalue weighted by atomic mass is 32.1. The molecule has 0 saturated heterocycles. The first kappa shape index (κ1) is 33.2. The Morgan fingerprint density at radius 2 is 1.16 bits per heavy atom. The van der Waals surface area contributed by atoms with E-state index in [1.165, 1.54) is 22.3 Å². The minimum atomic E-state index is -0.281. The van der Waals surface area contributed by atoms with Gasteiger partial charge in [0.05, 0.1) is 16.7 Å². The van der Waals surface area contributed by atoms with E-state index in [9.17, 15) is 0 Å². The topological polar surface area (TPSA) is 69.2 Å². The van der Waals surface area contributed by atoms with E-state index in [1.54, 1.807) is 11.3 Å². The van der Waals surface area contributed by atoms with Gasteiger partial charge in [-0.05, 0) is 124 Å². The largest absolute Gasteiger partial charge is 0.487 e. The average Bonchev–Trinajstić information content (AvgIpc) is 3.35. The van der Waals surface area contributed by atoms with Gasteiger partial charge >= 0.3 is 0 Å². The summed E-state index contributed by atoms with van der Waals surface area (Å²) in [7, 11) is 0. The number of nitrogens with one attached hydrogen (secondary N) is 1. The van der Waals surface area contributed by atoms with Gasteiger partial charge in [-0.3, -0.25) is 4.98 Å². The Labute approximate surface area is 267 Å². The number of hydrogen-bond acceptors (Lipinski definition) is 7. The molecule has 1 N–H and O–H groups in total. The van der Waals surface area contributed by atoms with Crippen LogP contribution in [0.3, 0.4) is 0 Å². The van der Waals surface area contributed by atoms with E-state index in [-0.39, 0.29) is 11.2 Å². The smallest absolute Gasteiger partial charge is 0.183 e. The van der Waals surface area contributed by atoms with E-state index in [2.05, 4.69) is 118 Å². The van der Waals surface area contributed by atoms with Crippen molar-refractivity contribution in [3.05, 3.63) is 69.7 Å². The van der Waals surface area contributed by atoms with Crippen molar-refractivity contribution in [1.82, 2.24) is 15.0 Å². The van der Waals surface area contributed by atoms with Gasteiger partial charge in [-0.2, -0.15) is 0 Å². The highest BCUT2D eigenvalue weighted by Gasteiger charge is 2.19. The van der Waals surface area contributed by atoms with Crippen molar-refractivity contribution in [2.75, 3.05) is 5.32 Å². The highest BCUT2D eigenvalue weighted by Crippen LogP contribution is 2.36. The van der Waals surface area contributed by atoms with Gasteiger partial charge in [0.1, 0.15) is 28.4 Å². The lowest BCUT2D eigenvalue weighted by atomic mass is 10.0. The van der Waals surface area contributed by atoms with Gasteiger partial charge in [-0.15, -0.1) is 11.3 Å². The van der Waals surface area contributed by atoms with Crippen LogP contribution in [-0.4, -0.2) is 32.2 Å². The molecule has 44 heavy (non-hydrogen) atoms. The molecular weight excluding hydrogens is 565 g/mol. The summed E-state index contributed by atoms with van der Waals surface area (Å²) < 4.78 is 12.3. The molecule has 2 aromatic carbocycles. The highest BCUT2D eigenvalue weighted by molar-refractivity contribution is 7.14. The zero-order valence-electron chi connectivity index (χ0n) is 28.7. The van der Waals surface area contributed by atoms with Crippen molar-refractivity contribution in [3.8, 4) is 22.9 Å². The Kier molecular flexibility index (Phi) is 9.60. The van der Waals surface area contributed by atoms with Crippen LogP contribution in [0.15, 0.2) is 41.8 Å². The van der Waals surface area contributed by atoms with Crippen LogP contribution in [0.1, 0.15) is 83.3 Å². The van der Waals surface area contributed by atoms with Gasteiger partial charge in [0.2, 0.25) is 0 Å². The number of hydrogen-bond donors (Lipinski definition) is 1. The lowest BCUT2D eigenvalue weighted by molar-refractivity contribution is 0.132. The second-order valence-electron chi connectivity index (χ2n) is 13.8. The SMILES string of the molecule is Cc1cc(OC(C)(C)C)c2ccc(C)c(C)c2n1.Cc1ccc2c(OC(C)(C)C)cc(-c3csc(NC(C)C)n3)nc2c1C. The molecule has 0 aliphatic rings. The maximum absolute atomic E-state index is 6.26. The molecule has 0 aliphatic carbocycles.